The van der Waals surface area contributed by atoms with E-state index in [-0.39, 0.29) is 12.2 Å². The lowest BCUT2D eigenvalue weighted by Crippen LogP contribution is -2.25. The molecule has 13 heavy (non-hydrogen) atoms. The first-order valence-corrected chi connectivity index (χ1v) is 4.67. The van der Waals surface area contributed by atoms with E-state index in [1.54, 1.807) is 0 Å². The summed E-state index contributed by atoms with van der Waals surface area (Å²) in [6.45, 7) is 0.378. The van der Waals surface area contributed by atoms with E-state index in [1.807, 2.05) is 0 Å². The summed E-state index contributed by atoms with van der Waals surface area (Å²) in [5.74, 6) is -0.225. The smallest absolute Gasteiger partial charge is 0.388 e. The van der Waals surface area contributed by atoms with Gasteiger partial charge in [-0.25, -0.2) is 0 Å². The van der Waals surface area contributed by atoms with Gasteiger partial charge in [-0.05, 0) is 0 Å². The molecule has 0 aromatic carbocycles. The third kappa shape index (κ3) is 2.27. The fourth-order valence-corrected chi connectivity index (χ4v) is 1.22. The van der Waals surface area contributed by atoms with E-state index in [9.17, 15) is 21.6 Å². The van der Waals surface area contributed by atoms with Gasteiger partial charge < -0.3 is 9.50 Å². The van der Waals surface area contributed by atoms with Crippen molar-refractivity contribution in [3.63, 3.8) is 0 Å². The summed E-state index contributed by atoms with van der Waals surface area (Å²) in [6, 6.07) is 0. The van der Waals surface area contributed by atoms with E-state index < -0.39 is 15.6 Å². The summed E-state index contributed by atoms with van der Waals surface area (Å²) in [4.78, 5) is 0. The average molecular weight is 217 g/mol. The predicted molar refractivity (Wildman–Crippen MR) is 36.8 cm³/mol. The molecule has 0 aliphatic carbocycles. The van der Waals surface area contributed by atoms with Crippen LogP contribution in [-0.4, -0.2) is 20.5 Å². The molecule has 0 fully saturated rings. The maximum Gasteiger partial charge on any atom is 0.534 e. The van der Waals surface area contributed by atoms with E-state index in [1.165, 1.54) is 0 Å². The van der Waals surface area contributed by atoms with Crippen molar-refractivity contribution in [2.75, 3.05) is 6.54 Å². The SMILES string of the molecule is O=S(=O)(OC1=CNCC1)C(F)(F)F. The molecule has 0 amide bonds. The van der Waals surface area contributed by atoms with Crippen LogP contribution in [0.3, 0.4) is 0 Å². The summed E-state index contributed by atoms with van der Waals surface area (Å²) >= 11 is 0. The van der Waals surface area contributed by atoms with Gasteiger partial charge in [0, 0.05) is 19.2 Å². The predicted octanol–water partition coefficient (Wildman–Crippen LogP) is 0.687. The van der Waals surface area contributed by atoms with Gasteiger partial charge in [0.05, 0.1) is 0 Å². The Labute approximate surface area is 72.5 Å². The van der Waals surface area contributed by atoms with Crippen LogP contribution in [0.2, 0.25) is 0 Å². The highest BCUT2D eigenvalue weighted by Gasteiger charge is 2.48. The molecule has 76 valence electrons. The molecular formula is C5H6F3NO3S. The average Bonchev–Trinajstić information content (AvgIpc) is 2.35. The topological polar surface area (TPSA) is 55.4 Å². The maximum absolute atomic E-state index is 11.7. The van der Waals surface area contributed by atoms with Crippen LogP contribution < -0.4 is 5.32 Å². The van der Waals surface area contributed by atoms with Crippen LogP contribution in [-0.2, 0) is 14.3 Å². The van der Waals surface area contributed by atoms with Gasteiger partial charge >= 0.3 is 15.6 Å². The fourth-order valence-electron chi connectivity index (χ4n) is 0.707. The van der Waals surface area contributed by atoms with Crippen molar-refractivity contribution in [2.45, 2.75) is 11.9 Å². The number of hydrogen-bond donors (Lipinski definition) is 1. The summed E-state index contributed by atoms with van der Waals surface area (Å²) in [5.41, 5.74) is -5.36. The molecule has 0 aromatic rings. The molecular weight excluding hydrogens is 211 g/mol. The van der Waals surface area contributed by atoms with Crippen molar-refractivity contribution in [1.82, 2.24) is 5.32 Å². The maximum atomic E-state index is 11.7. The van der Waals surface area contributed by atoms with Crippen LogP contribution in [0, 0.1) is 0 Å². The molecule has 8 heteroatoms. The van der Waals surface area contributed by atoms with Gasteiger partial charge in [-0.3, -0.25) is 0 Å². The van der Waals surface area contributed by atoms with E-state index in [0.29, 0.717) is 6.54 Å². The lowest BCUT2D eigenvalue weighted by molar-refractivity contribution is -0.0522. The van der Waals surface area contributed by atoms with Crippen molar-refractivity contribution in [3.8, 4) is 0 Å². The molecule has 1 heterocycles. The standard InChI is InChI=1S/C5H6F3NO3S/c6-5(7,8)13(10,11)12-4-1-2-9-3-4/h3,9H,1-2H2. The molecule has 1 rings (SSSR count). The summed E-state index contributed by atoms with van der Waals surface area (Å²) < 4.78 is 59.8. The van der Waals surface area contributed by atoms with Gasteiger partial charge in [-0.15, -0.1) is 0 Å². The second-order valence-corrected chi connectivity index (χ2v) is 3.84. The Morgan fingerprint density at radius 3 is 2.46 bits per heavy atom. The minimum atomic E-state index is -5.49. The molecule has 0 spiro atoms. The summed E-state index contributed by atoms with van der Waals surface area (Å²) in [6.07, 6.45) is 1.23. The molecule has 0 atom stereocenters. The van der Waals surface area contributed by atoms with Crippen LogP contribution in [0.25, 0.3) is 0 Å². The number of halogens is 3. The van der Waals surface area contributed by atoms with Crippen LogP contribution in [0.1, 0.15) is 6.42 Å². The molecule has 0 saturated carbocycles. The molecule has 4 nitrogen and oxygen atoms in total. The van der Waals surface area contributed by atoms with Gasteiger partial charge in [0.25, 0.3) is 0 Å². The molecule has 0 aromatic heterocycles. The number of nitrogens with one attached hydrogen (secondary N) is 1. The zero-order valence-electron chi connectivity index (χ0n) is 6.26. The zero-order chi connectivity index (χ0) is 10.1. The minimum absolute atomic E-state index is 0.134. The van der Waals surface area contributed by atoms with E-state index in [4.69, 9.17) is 0 Å². The van der Waals surface area contributed by atoms with Gasteiger partial charge in [0.1, 0.15) is 5.76 Å². The Morgan fingerprint density at radius 2 is 2.08 bits per heavy atom. The van der Waals surface area contributed by atoms with Crippen LogP contribution >= 0.6 is 0 Å². The quantitative estimate of drug-likeness (QED) is 0.546. The van der Waals surface area contributed by atoms with Crippen molar-refractivity contribution in [1.29, 1.82) is 0 Å². The van der Waals surface area contributed by atoms with Gasteiger partial charge in [0.2, 0.25) is 0 Å². The largest absolute Gasteiger partial charge is 0.534 e. The highest BCUT2D eigenvalue weighted by atomic mass is 32.2. The molecule has 0 unspecified atom stereocenters. The zero-order valence-corrected chi connectivity index (χ0v) is 7.07. The Morgan fingerprint density at radius 1 is 1.46 bits per heavy atom. The van der Waals surface area contributed by atoms with E-state index in [0.717, 1.165) is 6.20 Å². The highest BCUT2D eigenvalue weighted by Crippen LogP contribution is 2.27. The molecule has 0 saturated heterocycles. The molecule has 1 aliphatic rings. The van der Waals surface area contributed by atoms with Gasteiger partial charge in [0.15, 0.2) is 0 Å². The van der Waals surface area contributed by atoms with E-state index in [2.05, 4.69) is 9.50 Å². The monoisotopic (exact) mass is 217 g/mol. The Bertz CT molecular complexity index is 318. The first-order chi connectivity index (χ1) is 5.83. The number of alkyl halides is 3. The van der Waals surface area contributed by atoms with Crippen molar-refractivity contribution in [2.24, 2.45) is 0 Å². The third-order valence-corrected chi connectivity index (χ3v) is 2.28. The van der Waals surface area contributed by atoms with Crippen molar-refractivity contribution >= 4 is 10.1 Å². The molecule has 1 N–H and O–H groups in total. The third-order valence-electron chi connectivity index (χ3n) is 1.28. The fraction of sp³-hybridized carbons (Fsp3) is 0.600. The van der Waals surface area contributed by atoms with Crippen LogP contribution in [0.4, 0.5) is 13.2 Å². The lowest BCUT2D eigenvalue weighted by atomic mass is 10.4. The number of hydrogen-bond acceptors (Lipinski definition) is 4. The van der Waals surface area contributed by atoms with Crippen molar-refractivity contribution in [3.05, 3.63) is 12.0 Å². The second kappa shape index (κ2) is 3.09. The number of rotatable bonds is 2. The molecule has 0 radical (unpaired) electrons. The summed E-state index contributed by atoms with van der Waals surface area (Å²) in [5, 5.41) is 2.53. The normalized spacial score (nSPS) is 17.9. The molecule has 1 aliphatic heterocycles. The van der Waals surface area contributed by atoms with E-state index >= 15 is 0 Å². The Balaban J connectivity index is 2.73. The summed E-state index contributed by atoms with van der Waals surface area (Å²) in [7, 11) is -5.49. The van der Waals surface area contributed by atoms with Gasteiger partial charge in [-0.2, -0.15) is 21.6 Å². The van der Waals surface area contributed by atoms with Gasteiger partial charge in [-0.1, -0.05) is 0 Å². The Hall–Kier alpha value is -0.920. The highest BCUT2D eigenvalue weighted by molar-refractivity contribution is 7.87. The first-order valence-electron chi connectivity index (χ1n) is 3.26. The molecule has 0 bridgehead atoms. The van der Waals surface area contributed by atoms with Crippen LogP contribution in [0.5, 0.6) is 0 Å². The lowest BCUT2D eigenvalue weighted by Gasteiger charge is -2.08. The first kappa shape index (κ1) is 10.2. The van der Waals surface area contributed by atoms with Crippen LogP contribution in [0.15, 0.2) is 12.0 Å². The van der Waals surface area contributed by atoms with Crippen molar-refractivity contribution < 1.29 is 25.8 Å². The minimum Gasteiger partial charge on any atom is -0.388 e. The second-order valence-electron chi connectivity index (χ2n) is 2.30. The Kier molecular flexibility index (Phi) is 2.42.